The molecular formula is C12H16F2N2O. The number of amides is 1. The van der Waals surface area contributed by atoms with Gasteiger partial charge in [0.05, 0.1) is 5.56 Å². The number of nitrogens with two attached hydrogens (primary N) is 1. The van der Waals surface area contributed by atoms with Gasteiger partial charge in [0, 0.05) is 19.6 Å². The van der Waals surface area contributed by atoms with E-state index >= 15 is 0 Å². The summed E-state index contributed by atoms with van der Waals surface area (Å²) in [4.78, 5) is 13.1. The fraction of sp³-hybridized carbons (Fsp3) is 0.417. The smallest absolute Gasteiger partial charge is 0.256 e. The molecule has 2 N–H and O–H groups in total. The van der Waals surface area contributed by atoms with Crippen LogP contribution in [0.15, 0.2) is 18.2 Å². The van der Waals surface area contributed by atoms with Crippen molar-refractivity contribution in [3.05, 3.63) is 35.4 Å². The number of carbonyl (C=O) groups excluding carboxylic acids is 1. The van der Waals surface area contributed by atoms with Gasteiger partial charge < -0.3 is 10.6 Å². The first-order valence-corrected chi connectivity index (χ1v) is 5.38. The van der Waals surface area contributed by atoms with Crippen LogP contribution in [0.3, 0.4) is 0 Å². The molecule has 3 nitrogen and oxygen atoms in total. The van der Waals surface area contributed by atoms with Crippen LogP contribution in [-0.4, -0.2) is 30.4 Å². The van der Waals surface area contributed by atoms with E-state index in [0.29, 0.717) is 13.0 Å². The summed E-state index contributed by atoms with van der Waals surface area (Å²) < 4.78 is 26.3. The molecule has 0 bridgehead atoms. The van der Waals surface area contributed by atoms with Gasteiger partial charge in [0.15, 0.2) is 0 Å². The Hall–Kier alpha value is -1.49. The second-order valence-corrected chi connectivity index (χ2v) is 4.12. The van der Waals surface area contributed by atoms with Crippen LogP contribution in [0, 0.1) is 11.6 Å². The molecule has 5 heteroatoms. The van der Waals surface area contributed by atoms with Gasteiger partial charge in [-0.05, 0) is 31.5 Å². The first kappa shape index (κ1) is 13.6. The van der Waals surface area contributed by atoms with E-state index in [2.05, 4.69) is 0 Å². The Labute approximate surface area is 99.2 Å². The molecule has 1 unspecified atom stereocenters. The number of halogens is 2. The molecule has 1 rings (SSSR count). The van der Waals surface area contributed by atoms with E-state index in [0.717, 1.165) is 18.2 Å². The van der Waals surface area contributed by atoms with Crippen LogP contribution in [0.5, 0.6) is 0 Å². The highest BCUT2D eigenvalue weighted by atomic mass is 19.1. The monoisotopic (exact) mass is 242 g/mol. The average molecular weight is 242 g/mol. The van der Waals surface area contributed by atoms with Crippen molar-refractivity contribution >= 4 is 5.91 Å². The third-order valence-electron chi connectivity index (χ3n) is 2.43. The van der Waals surface area contributed by atoms with Crippen LogP contribution in [0.25, 0.3) is 0 Å². The zero-order chi connectivity index (χ0) is 13.0. The largest absolute Gasteiger partial charge is 0.342 e. The van der Waals surface area contributed by atoms with Gasteiger partial charge in [0.1, 0.15) is 11.6 Å². The van der Waals surface area contributed by atoms with Gasteiger partial charge in [-0.3, -0.25) is 4.79 Å². The molecule has 1 aromatic carbocycles. The van der Waals surface area contributed by atoms with Crippen molar-refractivity contribution in [2.45, 2.75) is 19.4 Å². The minimum atomic E-state index is -0.718. The lowest BCUT2D eigenvalue weighted by Crippen LogP contribution is -2.31. The van der Waals surface area contributed by atoms with E-state index in [1.54, 1.807) is 0 Å². The molecule has 0 saturated heterocycles. The topological polar surface area (TPSA) is 46.3 Å². The summed E-state index contributed by atoms with van der Waals surface area (Å²) in [7, 11) is 1.54. The Morgan fingerprint density at radius 1 is 1.47 bits per heavy atom. The Bertz CT molecular complexity index is 407. The zero-order valence-corrected chi connectivity index (χ0v) is 9.91. The summed E-state index contributed by atoms with van der Waals surface area (Å²) in [6, 6.07) is 2.79. The first-order chi connectivity index (χ1) is 7.91. The number of hydrogen-bond acceptors (Lipinski definition) is 2. The Balaban J connectivity index is 2.78. The quantitative estimate of drug-likeness (QED) is 0.874. The molecule has 94 valence electrons. The minimum absolute atomic E-state index is 0.0393. The number of nitrogens with zero attached hydrogens (tertiary/aromatic N) is 1. The lowest BCUT2D eigenvalue weighted by atomic mass is 10.1. The van der Waals surface area contributed by atoms with Crippen LogP contribution in [0.1, 0.15) is 23.7 Å². The van der Waals surface area contributed by atoms with E-state index in [1.165, 1.54) is 11.9 Å². The van der Waals surface area contributed by atoms with E-state index < -0.39 is 17.5 Å². The summed E-state index contributed by atoms with van der Waals surface area (Å²) >= 11 is 0. The van der Waals surface area contributed by atoms with E-state index in [-0.39, 0.29) is 11.6 Å². The molecule has 1 amide bonds. The summed E-state index contributed by atoms with van der Waals surface area (Å²) in [6.07, 6.45) is 0.610. The van der Waals surface area contributed by atoms with Crippen molar-refractivity contribution in [2.75, 3.05) is 13.6 Å². The molecule has 0 radical (unpaired) electrons. The fourth-order valence-electron chi connectivity index (χ4n) is 1.37. The highest BCUT2D eigenvalue weighted by Gasteiger charge is 2.16. The van der Waals surface area contributed by atoms with Gasteiger partial charge in [-0.1, -0.05) is 0 Å². The molecule has 0 aromatic heterocycles. The fourth-order valence-corrected chi connectivity index (χ4v) is 1.37. The Kier molecular flexibility index (Phi) is 4.57. The molecule has 0 saturated carbocycles. The van der Waals surface area contributed by atoms with Gasteiger partial charge in [-0.2, -0.15) is 0 Å². The summed E-state index contributed by atoms with van der Waals surface area (Å²) in [5.74, 6) is -1.89. The molecule has 0 aliphatic heterocycles. The van der Waals surface area contributed by atoms with E-state index in [4.69, 9.17) is 5.73 Å². The molecule has 0 heterocycles. The van der Waals surface area contributed by atoms with Crippen molar-refractivity contribution in [1.82, 2.24) is 4.90 Å². The normalized spacial score (nSPS) is 12.3. The van der Waals surface area contributed by atoms with Crippen LogP contribution in [-0.2, 0) is 0 Å². The van der Waals surface area contributed by atoms with E-state index in [9.17, 15) is 13.6 Å². The predicted octanol–water partition coefficient (Wildman–Crippen LogP) is 1.77. The maximum Gasteiger partial charge on any atom is 0.256 e. The third kappa shape index (κ3) is 3.78. The number of rotatable bonds is 4. The highest BCUT2D eigenvalue weighted by molar-refractivity contribution is 5.94. The number of carbonyl (C=O) groups is 1. The lowest BCUT2D eigenvalue weighted by Gasteiger charge is -2.18. The van der Waals surface area contributed by atoms with Crippen molar-refractivity contribution in [1.29, 1.82) is 0 Å². The Morgan fingerprint density at radius 3 is 2.71 bits per heavy atom. The van der Waals surface area contributed by atoms with Crippen molar-refractivity contribution in [3.8, 4) is 0 Å². The average Bonchev–Trinajstić information content (AvgIpc) is 2.28. The van der Waals surface area contributed by atoms with Crippen LogP contribution in [0.2, 0.25) is 0 Å². The third-order valence-corrected chi connectivity index (χ3v) is 2.43. The summed E-state index contributed by atoms with van der Waals surface area (Å²) in [6.45, 7) is 2.23. The van der Waals surface area contributed by atoms with Crippen LogP contribution in [0.4, 0.5) is 8.78 Å². The molecule has 0 spiro atoms. The molecular weight excluding hydrogens is 226 g/mol. The standard InChI is InChI=1S/C12H16F2N2O/c1-8(15)5-6-16(2)12(17)10-7-9(13)3-4-11(10)14/h3-4,7-8H,5-6,15H2,1-2H3. The predicted molar refractivity (Wildman–Crippen MR) is 61.6 cm³/mol. The molecule has 0 aliphatic rings. The molecule has 0 aliphatic carbocycles. The molecule has 1 aromatic rings. The van der Waals surface area contributed by atoms with Crippen molar-refractivity contribution in [2.24, 2.45) is 5.73 Å². The molecule has 0 fully saturated rings. The Morgan fingerprint density at radius 2 is 2.12 bits per heavy atom. The maximum absolute atomic E-state index is 13.3. The van der Waals surface area contributed by atoms with Gasteiger partial charge >= 0.3 is 0 Å². The molecule has 1 atom stereocenters. The second-order valence-electron chi connectivity index (χ2n) is 4.12. The SMILES string of the molecule is CC(N)CCN(C)C(=O)c1cc(F)ccc1F. The number of benzene rings is 1. The first-order valence-electron chi connectivity index (χ1n) is 5.38. The van der Waals surface area contributed by atoms with Gasteiger partial charge in [0.25, 0.3) is 5.91 Å². The maximum atomic E-state index is 13.3. The summed E-state index contributed by atoms with van der Waals surface area (Å²) in [5.41, 5.74) is 5.31. The van der Waals surface area contributed by atoms with E-state index in [1.807, 2.05) is 6.92 Å². The zero-order valence-electron chi connectivity index (χ0n) is 9.91. The van der Waals surface area contributed by atoms with Crippen molar-refractivity contribution in [3.63, 3.8) is 0 Å². The van der Waals surface area contributed by atoms with Gasteiger partial charge in [-0.25, -0.2) is 8.78 Å². The van der Waals surface area contributed by atoms with Gasteiger partial charge in [0.2, 0.25) is 0 Å². The van der Waals surface area contributed by atoms with Crippen LogP contribution >= 0.6 is 0 Å². The number of hydrogen-bond donors (Lipinski definition) is 1. The minimum Gasteiger partial charge on any atom is -0.342 e. The van der Waals surface area contributed by atoms with Crippen LogP contribution < -0.4 is 5.73 Å². The molecule has 17 heavy (non-hydrogen) atoms. The lowest BCUT2D eigenvalue weighted by molar-refractivity contribution is 0.0786. The van der Waals surface area contributed by atoms with Crippen molar-refractivity contribution < 1.29 is 13.6 Å². The second kappa shape index (κ2) is 5.72. The summed E-state index contributed by atoms with van der Waals surface area (Å²) in [5, 5.41) is 0. The van der Waals surface area contributed by atoms with Gasteiger partial charge in [-0.15, -0.1) is 0 Å². The highest BCUT2D eigenvalue weighted by Crippen LogP contribution is 2.12.